The van der Waals surface area contributed by atoms with E-state index in [2.05, 4.69) is 0 Å². The third kappa shape index (κ3) is 3.10. The van der Waals surface area contributed by atoms with Gasteiger partial charge in [0.05, 0.1) is 10.5 Å². The molecule has 5 heteroatoms. The van der Waals surface area contributed by atoms with Gasteiger partial charge in [-0.25, -0.2) is 0 Å². The monoisotopic (exact) mass is 265 g/mol. The molecule has 0 N–H and O–H groups in total. The molecule has 1 aromatic rings. The Kier molecular flexibility index (Phi) is 4.36. The largest absolute Gasteiger partial charge is 0.298 e. The summed E-state index contributed by atoms with van der Waals surface area (Å²) < 4.78 is 0. The number of nitro groups is 1. The average molecular weight is 265 g/mol. The summed E-state index contributed by atoms with van der Waals surface area (Å²) in [5.74, 6) is 1.79. The molecule has 1 aliphatic rings. The van der Waals surface area contributed by atoms with Crippen molar-refractivity contribution in [2.24, 2.45) is 5.92 Å². The number of aldehydes is 1. The lowest BCUT2D eigenvalue weighted by Gasteiger charge is -2.08. The number of carbonyl (C=O) groups is 1. The third-order valence-corrected chi connectivity index (χ3v) is 4.51. The Morgan fingerprint density at radius 2 is 2.11 bits per heavy atom. The van der Waals surface area contributed by atoms with Crippen LogP contribution in [0.4, 0.5) is 5.69 Å². The van der Waals surface area contributed by atoms with E-state index in [1.807, 2.05) is 0 Å². The van der Waals surface area contributed by atoms with Crippen LogP contribution in [-0.2, 0) is 0 Å². The number of nitrogens with zero attached hydrogens (tertiary/aromatic N) is 1. The molecule has 0 spiro atoms. The van der Waals surface area contributed by atoms with E-state index < -0.39 is 4.92 Å². The lowest BCUT2D eigenvalue weighted by Crippen LogP contribution is -1.97. The predicted molar refractivity (Wildman–Crippen MR) is 71.2 cm³/mol. The molecule has 18 heavy (non-hydrogen) atoms. The first-order valence-electron chi connectivity index (χ1n) is 6.07. The van der Waals surface area contributed by atoms with Crippen LogP contribution in [0.15, 0.2) is 23.1 Å². The number of rotatable bonds is 5. The van der Waals surface area contributed by atoms with Gasteiger partial charge < -0.3 is 0 Å². The Bertz CT molecular complexity index is 456. The molecule has 0 atom stereocenters. The van der Waals surface area contributed by atoms with Gasteiger partial charge in [0.25, 0.3) is 5.69 Å². The second-order valence-electron chi connectivity index (χ2n) is 4.56. The van der Waals surface area contributed by atoms with Gasteiger partial charge in [-0.2, -0.15) is 0 Å². The molecule has 0 aliphatic heterocycles. The molecule has 0 unspecified atom stereocenters. The van der Waals surface area contributed by atoms with E-state index in [1.54, 1.807) is 23.9 Å². The normalized spacial score (nSPS) is 15.8. The van der Waals surface area contributed by atoms with Crippen molar-refractivity contribution in [2.45, 2.75) is 30.6 Å². The van der Waals surface area contributed by atoms with Crippen LogP contribution in [0, 0.1) is 16.0 Å². The van der Waals surface area contributed by atoms with Gasteiger partial charge in [0.1, 0.15) is 0 Å². The van der Waals surface area contributed by atoms with Crippen LogP contribution in [0.25, 0.3) is 0 Å². The summed E-state index contributed by atoms with van der Waals surface area (Å²) in [5.41, 5.74) is 0.0478. The maximum Gasteiger partial charge on any atom is 0.279 e. The molecule has 0 heterocycles. The van der Waals surface area contributed by atoms with E-state index >= 15 is 0 Å². The van der Waals surface area contributed by atoms with Crippen LogP contribution in [0.2, 0.25) is 0 Å². The van der Waals surface area contributed by atoms with Crippen molar-refractivity contribution in [3.05, 3.63) is 33.9 Å². The molecular weight excluding hydrogens is 250 g/mol. The van der Waals surface area contributed by atoms with Crippen LogP contribution < -0.4 is 0 Å². The van der Waals surface area contributed by atoms with E-state index in [-0.39, 0.29) is 11.3 Å². The summed E-state index contributed by atoms with van der Waals surface area (Å²) >= 11 is 1.69. The van der Waals surface area contributed by atoms with Gasteiger partial charge in [-0.15, -0.1) is 11.8 Å². The van der Waals surface area contributed by atoms with Crippen LogP contribution in [0.1, 0.15) is 36.0 Å². The first kappa shape index (κ1) is 13.1. The van der Waals surface area contributed by atoms with E-state index in [0.717, 1.165) is 16.6 Å². The number of hydrogen-bond acceptors (Lipinski definition) is 4. The summed E-state index contributed by atoms with van der Waals surface area (Å²) in [6.07, 6.45) is 5.73. The molecule has 0 radical (unpaired) electrons. The second kappa shape index (κ2) is 6.00. The Labute approximate surface area is 110 Å². The molecule has 0 bridgehead atoms. The van der Waals surface area contributed by atoms with E-state index in [4.69, 9.17) is 0 Å². The number of benzene rings is 1. The van der Waals surface area contributed by atoms with Crippen molar-refractivity contribution in [2.75, 3.05) is 5.75 Å². The minimum atomic E-state index is -0.519. The SMILES string of the molecule is O=Cc1cc(SCC2CCCC2)ccc1[N+](=O)[O-]. The van der Waals surface area contributed by atoms with Gasteiger partial charge in [0.15, 0.2) is 6.29 Å². The standard InChI is InChI=1S/C13H15NO3S/c15-8-11-7-12(5-6-13(11)14(16)17)18-9-10-3-1-2-4-10/h5-8,10H,1-4,9H2. The highest BCUT2D eigenvalue weighted by atomic mass is 32.2. The van der Waals surface area contributed by atoms with E-state index in [0.29, 0.717) is 6.29 Å². The minimum absolute atomic E-state index is 0.116. The molecule has 1 fully saturated rings. The number of thioether (sulfide) groups is 1. The van der Waals surface area contributed by atoms with Gasteiger partial charge in [-0.3, -0.25) is 14.9 Å². The fourth-order valence-corrected chi connectivity index (χ4v) is 3.41. The fraction of sp³-hybridized carbons (Fsp3) is 0.462. The predicted octanol–water partition coefficient (Wildman–Crippen LogP) is 3.69. The van der Waals surface area contributed by atoms with Crippen LogP contribution >= 0.6 is 11.8 Å². The van der Waals surface area contributed by atoms with Gasteiger partial charge in [-0.1, -0.05) is 12.8 Å². The van der Waals surface area contributed by atoms with Crippen LogP contribution in [-0.4, -0.2) is 17.0 Å². The minimum Gasteiger partial charge on any atom is -0.298 e. The van der Waals surface area contributed by atoms with Crippen molar-refractivity contribution in [3.8, 4) is 0 Å². The van der Waals surface area contributed by atoms with Crippen LogP contribution in [0.3, 0.4) is 0 Å². The maximum atomic E-state index is 10.8. The molecule has 2 rings (SSSR count). The molecular formula is C13H15NO3S. The molecule has 96 valence electrons. The highest BCUT2D eigenvalue weighted by Crippen LogP contribution is 2.32. The molecule has 4 nitrogen and oxygen atoms in total. The summed E-state index contributed by atoms with van der Waals surface area (Å²) in [6.45, 7) is 0. The van der Waals surface area contributed by atoms with Crippen molar-refractivity contribution in [3.63, 3.8) is 0 Å². The lowest BCUT2D eigenvalue weighted by atomic mass is 10.1. The third-order valence-electron chi connectivity index (χ3n) is 3.28. The Balaban J connectivity index is 2.04. The van der Waals surface area contributed by atoms with Crippen LogP contribution in [0.5, 0.6) is 0 Å². The molecule has 0 saturated heterocycles. The summed E-state index contributed by atoms with van der Waals surface area (Å²) in [5, 5.41) is 10.7. The fourth-order valence-electron chi connectivity index (χ4n) is 2.27. The van der Waals surface area contributed by atoms with Crippen molar-refractivity contribution < 1.29 is 9.72 Å². The van der Waals surface area contributed by atoms with Crippen molar-refractivity contribution in [1.29, 1.82) is 0 Å². The Hall–Kier alpha value is -1.36. The number of carbonyl (C=O) groups excluding carboxylic acids is 1. The van der Waals surface area contributed by atoms with E-state index in [1.165, 1.54) is 31.7 Å². The maximum absolute atomic E-state index is 10.8. The second-order valence-corrected chi connectivity index (χ2v) is 5.65. The van der Waals surface area contributed by atoms with Crippen molar-refractivity contribution >= 4 is 23.7 Å². The van der Waals surface area contributed by atoms with E-state index in [9.17, 15) is 14.9 Å². The lowest BCUT2D eigenvalue weighted by molar-refractivity contribution is -0.385. The zero-order valence-corrected chi connectivity index (χ0v) is 10.8. The first-order valence-corrected chi connectivity index (χ1v) is 7.05. The highest BCUT2D eigenvalue weighted by molar-refractivity contribution is 7.99. The van der Waals surface area contributed by atoms with Crippen molar-refractivity contribution in [1.82, 2.24) is 0 Å². The number of hydrogen-bond donors (Lipinski definition) is 0. The van der Waals surface area contributed by atoms with Gasteiger partial charge in [-0.05, 0) is 30.9 Å². The average Bonchev–Trinajstić information content (AvgIpc) is 2.88. The number of nitro benzene ring substituents is 1. The Morgan fingerprint density at radius 3 is 2.72 bits per heavy atom. The highest BCUT2D eigenvalue weighted by Gasteiger charge is 2.17. The summed E-state index contributed by atoms with van der Waals surface area (Å²) in [7, 11) is 0. The molecule has 1 aliphatic carbocycles. The zero-order chi connectivity index (χ0) is 13.0. The van der Waals surface area contributed by atoms with Gasteiger partial charge in [0, 0.05) is 16.7 Å². The topological polar surface area (TPSA) is 60.2 Å². The molecule has 0 aromatic heterocycles. The van der Waals surface area contributed by atoms with Gasteiger partial charge in [0.2, 0.25) is 0 Å². The first-order chi connectivity index (χ1) is 8.70. The summed E-state index contributed by atoms with van der Waals surface area (Å²) in [4.78, 5) is 22.0. The quantitative estimate of drug-likeness (QED) is 0.352. The molecule has 0 amide bonds. The molecule has 1 aromatic carbocycles. The van der Waals surface area contributed by atoms with Gasteiger partial charge >= 0.3 is 0 Å². The smallest absolute Gasteiger partial charge is 0.279 e. The summed E-state index contributed by atoms with van der Waals surface area (Å²) in [6, 6.07) is 4.76. The molecule has 1 saturated carbocycles. The Morgan fingerprint density at radius 1 is 1.39 bits per heavy atom. The zero-order valence-electron chi connectivity index (χ0n) is 10.0.